The summed E-state index contributed by atoms with van der Waals surface area (Å²) in [7, 11) is 6.68. The van der Waals surface area contributed by atoms with Crippen molar-refractivity contribution in [1.29, 1.82) is 0 Å². The highest BCUT2D eigenvalue weighted by Crippen LogP contribution is 2.29. The molecule has 2 rings (SSSR count). The lowest BCUT2D eigenvalue weighted by molar-refractivity contribution is -0.122. The zero-order valence-electron chi connectivity index (χ0n) is 17.6. The largest absolute Gasteiger partial charge is 0.497 e. The highest BCUT2D eigenvalue weighted by Gasteiger charge is 2.16. The van der Waals surface area contributed by atoms with E-state index >= 15 is 0 Å². The third kappa shape index (κ3) is 6.22. The molecule has 0 aliphatic carbocycles. The molecule has 7 heteroatoms. The minimum atomic E-state index is -0.229. The molecule has 2 amide bonds. The lowest BCUT2D eigenvalue weighted by Crippen LogP contribution is -2.36. The van der Waals surface area contributed by atoms with E-state index in [2.05, 4.69) is 10.6 Å². The lowest BCUT2D eigenvalue weighted by Gasteiger charge is -2.21. The summed E-state index contributed by atoms with van der Waals surface area (Å²) in [6.07, 6.45) is 0. The van der Waals surface area contributed by atoms with Crippen molar-refractivity contribution in [2.45, 2.75) is 19.5 Å². The van der Waals surface area contributed by atoms with Crippen LogP contribution in [-0.4, -0.2) is 51.6 Å². The fraction of sp³-hybridized carbons (Fsp3) is 0.364. The Morgan fingerprint density at radius 1 is 1.07 bits per heavy atom. The Balaban J connectivity index is 1.93. The van der Waals surface area contributed by atoms with Crippen LogP contribution in [0.1, 0.15) is 34.5 Å². The molecule has 0 bridgehead atoms. The number of nitrogens with zero attached hydrogens (tertiary/aromatic N) is 1. The highest BCUT2D eigenvalue weighted by atomic mass is 16.5. The number of carbonyl (C=O) groups is 2. The van der Waals surface area contributed by atoms with Gasteiger partial charge in [0.05, 0.1) is 26.8 Å². The van der Waals surface area contributed by atoms with E-state index < -0.39 is 0 Å². The number of nitrogens with one attached hydrogen (secondary N) is 2. The summed E-state index contributed by atoms with van der Waals surface area (Å²) in [4.78, 5) is 26.0. The van der Waals surface area contributed by atoms with Gasteiger partial charge in [-0.2, -0.15) is 0 Å². The number of hydrogen-bond donors (Lipinski definition) is 2. The van der Waals surface area contributed by atoms with Crippen LogP contribution in [0, 0.1) is 0 Å². The van der Waals surface area contributed by atoms with Crippen molar-refractivity contribution >= 4 is 11.8 Å². The summed E-state index contributed by atoms with van der Waals surface area (Å²) >= 11 is 0. The number of methoxy groups -OCH3 is 2. The van der Waals surface area contributed by atoms with Gasteiger partial charge in [-0.3, -0.25) is 14.5 Å². The predicted octanol–water partition coefficient (Wildman–Crippen LogP) is 2.37. The van der Waals surface area contributed by atoms with E-state index in [9.17, 15) is 9.59 Å². The smallest absolute Gasteiger partial charge is 0.251 e. The monoisotopic (exact) mass is 399 g/mol. The third-order valence-corrected chi connectivity index (χ3v) is 4.59. The number of hydrogen-bond acceptors (Lipinski definition) is 5. The normalized spacial score (nSPS) is 11.7. The van der Waals surface area contributed by atoms with Crippen LogP contribution in [-0.2, 0) is 11.3 Å². The lowest BCUT2D eigenvalue weighted by atomic mass is 10.1. The number of benzene rings is 2. The van der Waals surface area contributed by atoms with Gasteiger partial charge in [-0.25, -0.2) is 0 Å². The van der Waals surface area contributed by atoms with E-state index in [1.165, 1.54) is 0 Å². The van der Waals surface area contributed by atoms with Gasteiger partial charge in [0.2, 0.25) is 5.91 Å². The zero-order valence-corrected chi connectivity index (χ0v) is 17.6. The van der Waals surface area contributed by atoms with Gasteiger partial charge >= 0.3 is 0 Å². The van der Waals surface area contributed by atoms with E-state index in [0.29, 0.717) is 23.6 Å². The second kappa shape index (κ2) is 10.5. The molecule has 7 nitrogen and oxygen atoms in total. The molecule has 0 aliphatic heterocycles. The van der Waals surface area contributed by atoms with Crippen LogP contribution in [0.5, 0.6) is 11.5 Å². The van der Waals surface area contributed by atoms with Crippen LogP contribution in [0.25, 0.3) is 0 Å². The van der Waals surface area contributed by atoms with Crippen LogP contribution < -0.4 is 20.1 Å². The van der Waals surface area contributed by atoms with E-state index in [-0.39, 0.29) is 24.4 Å². The van der Waals surface area contributed by atoms with Gasteiger partial charge in [0, 0.05) is 24.7 Å². The quantitative estimate of drug-likeness (QED) is 0.677. The van der Waals surface area contributed by atoms with Crippen molar-refractivity contribution in [1.82, 2.24) is 15.5 Å². The number of rotatable bonds is 9. The Kier molecular flexibility index (Phi) is 8.03. The summed E-state index contributed by atoms with van der Waals surface area (Å²) in [5.74, 6) is 1.19. The van der Waals surface area contributed by atoms with Crippen LogP contribution >= 0.6 is 0 Å². The first kappa shape index (κ1) is 22.2. The molecule has 0 aliphatic rings. The van der Waals surface area contributed by atoms with Crippen LogP contribution in [0.3, 0.4) is 0 Å². The van der Waals surface area contributed by atoms with Gasteiger partial charge in [-0.1, -0.05) is 12.1 Å². The summed E-state index contributed by atoms with van der Waals surface area (Å²) < 4.78 is 10.7. The van der Waals surface area contributed by atoms with Gasteiger partial charge in [-0.05, 0) is 49.9 Å². The average Bonchev–Trinajstić information content (AvgIpc) is 2.72. The van der Waals surface area contributed by atoms with Crippen molar-refractivity contribution in [2.75, 3.05) is 34.9 Å². The van der Waals surface area contributed by atoms with Crippen LogP contribution in [0.15, 0.2) is 42.5 Å². The maximum atomic E-state index is 12.5. The van der Waals surface area contributed by atoms with E-state index in [4.69, 9.17) is 9.47 Å². The van der Waals surface area contributed by atoms with E-state index in [1.54, 1.807) is 33.4 Å². The second-order valence-electron chi connectivity index (χ2n) is 6.85. The van der Waals surface area contributed by atoms with E-state index in [0.717, 1.165) is 11.1 Å². The first-order valence-corrected chi connectivity index (χ1v) is 9.38. The predicted molar refractivity (Wildman–Crippen MR) is 112 cm³/mol. The number of likely N-dealkylation sites (N-methyl/N-ethyl adjacent to an activating group) is 1. The maximum absolute atomic E-state index is 12.5. The molecule has 0 spiro atoms. The fourth-order valence-corrected chi connectivity index (χ4v) is 3.06. The number of ether oxygens (including phenoxy) is 2. The van der Waals surface area contributed by atoms with Crippen LogP contribution in [0.2, 0.25) is 0 Å². The molecule has 2 aromatic rings. The molecule has 0 radical (unpaired) electrons. The minimum Gasteiger partial charge on any atom is -0.497 e. The van der Waals surface area contributed by atoms with Gasteiger partial charge < -0.3 is 20.1 Å². The van der Waals surface area contributed by atoms with Crippen molar-refractivity contribution in [3.63, 3.8) is 0 Å². The van der Waals surface area contributed by atoms with E-state index in [1.807, 2.05) is 49.2 Å². The summed E-state index contributed by atoms with van der Waals surface area (Å²) in [6.45, 7) is 2.75. The van der Waals surface area contributed by atoms with Crippen molar-refractivity contribution in [3.8, 4) is 11.5 Å². The molecular formula is C22H29N3O4. The Bertz CT molecular complexity index is 836. The highest BCUT2D eigenvalue weighted by molar-refractivity contribution is 5.93. The van der Waals surface area contributed by atoms with Crippen LogP contribution in [0.4, 0.5) is 0 Å². The molecule has 2 N–H and O–H groups in total. The summed E-state index contributed by atoms with van der Waals surface area (Å²) in [5, 5.41) is 5.60. The average molecular weight is 399 g/mol. The van der Waals surface area contributed by atoms with Gasteiger partial charge in [-0.15, -0.1) is 0 Å². The zero-order chi connectivity index (χ0) is 21.4. The molecule has 0 fully saturated rings. The number of carbonyl (C=O) groups excluding carboxylic acids is 2. The summed E-state index contributed by atoms with van der Waals surface area (Å²) in [6, 6.07) is 12.6. The first-order valence-electron chi connectivity index (χ1n) is 9.38. The molecule has 29 heavy (non-hydrogen) atoms. The fourth-order valence-electron chi connectivity index (χ4n) is 3.06. The SMILES string of the molecule is CNC(=O)c1ccc(CN(C)CC(=O)N[C@@H](C)c2cc(OC)ccc2OC)cc1. The maximum Gasteiger partial charge on any atom is 0.251 e. The number of amides is 2. The molecule has 0 saturated heterocycles. The Morgan fingerprint density at radius 2 is 1.76 bits per heavy atom. The summed E-state index contributed by atoms with van der Waals surface area (Å²) in [5.41, 5.74) is 2.49. The van der Waals surface area contributed by atoms with Gasteiger partial charge in [0.15, 0.2) is 0 Å². The topological polar surface area (TPSA) is 79.9 Å². The molecule has 156 valence electrons. The third-order valence-electron chi connectivity index (χ3n) is 4.59. The van der Waals surface area contributed by atoms with Crippen molar-refractivity contribution in [3.05, 3.63) is 59.2 Å². The Morgan fingerprint density at radius 3 is 2.34 bits per heavy atom. The Hall–Kier alpha value is -3.06. The van der Waals surface area contributed by atoms with Crippen molar-refractivity contribution < 1.29 is 19.1 Å². The molecule has 0 heterocycles. The standard InChI is InChI=1S/C22H29N3O4/c1-15(19-12-18(28-4)10-11-20(19)29-5)24-21(26)14-25(3)13-16-6-8-17(9-7-16)22(27)23-2/h6-12,15H,13-14H2,1-5H3,(H,23,27)(H,24,26)/t15-/m0/s1. The van der Waals surface area contributed by atoms with Gasteiger partial charge in [0.1, 0.15) is 11.5 Å². The second-order valence-corrected chi connectivity index (χ2v) is 6.85. The molecule has 1 atom stereocenters. The Labute approximate surface area is 172 Å². The first-order chi connectivity index (χ1) is 13.9. The molecule has 0 saturated carbocycles. The molecule has 2 aromatic carbocycles. The molecule has 0 unspecified atom stereocenters. The van der Waals surface area contributed by atoms with Crippen molar-refractivity contribution in [2.24, 2.45) is 0 Å². The molecule has 0 aromatic heterocycles. The molecular weight excluding hydrogens is 370 g/mol. The minimum absolute atomic E-state index is 0.0909. The van der Waals surface area contributed by atoms with Gasteiger partial charge in [0.25, 0.3) is 5.91 Å².